The van der Waals surface area contributed by atoms with E-state index in [1.165, 1.54) is 44.1 Å². The summed E-state index contributed by atoms with van der Waals surface area (Å²) in [5.41, 5.74) is 1.20. The maximum atomic E-state index is 12.7. The van der Waals surface area contributed by atoms with E-state index in [1.807, 2.05) is 12.1 Å². The van der Waals surface area contributed by atoms with Gasteiger partial charge in [0.25, 0.3) is 0 Å². The number of benzene rings is 1. The van der Waals surface area contributed by atoms with Crippen LogP contribution in [-0.4, -0.2) is 31.0 Å². The van der Waals surface area contributed by atoms with E-state index in [1.54, 1.807) is 7.11 Å². The van der Waals surface area contributed by atoms with Crippen molar-refractivity contribution in [2.24, 2.45) is 0 Å². The average molecular weight is 348 g/mol. The van der Waals surface area contributed by atoms with Crippen molar-refractivity contribution in [1.29, 1.82) is 0 Å². The van der Waals surface area contributed by atoms with Crippen LogP contribution < -0.4 is 4.74 Å². The number of aryl methyl sites for hydroxylation is 1. The van der Waals surface area contributed by atoms with E-state index in [0.717, 1.165) is 38.1 Å². The molecule has 3 heteroatoms. The van der Waals surface area contributed by atoms with Crippen LogP contribution in [0.2, 0.25) is 0 Å². The molecule has 0 saturated carbocycles. The van der Waals surface area contributed by atoms with Gasteiger partial charge in [0, 0.05) is 19.5 Å². The number of carbonyl (C=O) groups is 1. The number of rotatable bonds is 14. The van der Waals surface area contributed by atoms with Gasteiger partial charge in [0.05, 0.1) is 7.11 Å². The minimum Gasteiger partial charge on any atom is -0.497 e. The quantitative estimate of drug-likeness (QED) is 0.409. The third-order valence-corrected chi connectivity index (χ3v) is 4.70. The Morgan fingerprint density at radius 2 is 1.44 bits per heavy atom. The van der Waals surface area contributed by atoms with Gasteiger partial charge in [-0.25, -0.2) is 0 Å². The van der Waals surface area contributed by atoms with Crippen LogP contribution in [0, 0.1) is 0 Å². The second kappa shape index (κ2) is 13.7. The van der Waals surface area contributed by atoms with Crippen molar-refractivity contribution in [3.8, 4) is 5.75 Å². The number of amides is 1. The van der Waals surface area contributed by atoms with Gasteiger partial charge < -0.3 is 9.64 Å². The molecular weight excluding hydrogens is 310 g/mol. The van der Waals surface area contributed by atoms with Crippen molar-refractivity contribution in [3.05, 3.63) is 29.8 Å². The van der Waals surface area contributed by atoms with Crippen molar-refractivity contribution in [2.45, 2.75) is 78.1 Å². The van der Waals surface area contributed by atoms with Gasteiger partial charge in [-0.3, -0.25) is 4.79 Å². The number of nitrogens with zero attached hydrogens (tertiary/aromatic N) is 1. The molecule has 25 heavy (non-hydrogen) atoms. The van der Waals surface area contributed by atoms with Gasteiger partial charge in [0.15, 0.2) is 0 Å². The zero-order valence-corrected chi connectivity index (χ0v) is 16.6. The highest BCUT2D eigenvalue weighted by Gasteiger charge is 2.13. The van der Waals surface area contributed by atoms with E-state index < -0.39 is 0 Å². The lowest BCUT2D eigenvalue weighted by molar-refractivity contribution is -0.131. The SMILES string of the molecule is CCCCCCN(CCCCCC)C(=O)CCc1ccc(OC)cc1. The minimum absolute atomic E-state index is 0.309. The molecule has 0 aliphatic rings. The molecule has 0 N–H and O–H groups in total. The summed E-state index contributed by atoms with van der Waals surface area (Å²) in [6.45, 7) is 6.30. The van der Waals surface area contributed by atoms with E-state index >= 15 is 0 Å². The van der Waals surface area contributed by atoms with Crippen molar-refractivity contribution in [1.82, 2.24) is 4.90 Å². The fourth-order valence-corrected chi connectivity index (χ4v) is 3.02. The Morgan fingerprint density at radius 3 is 1.92 bits per heavy atom. The Morgan fingerprint density at radius 1 is 0.880 bits per heavy atom. The van der Waals surface area contributed by atoms with E-state index in [2.05, 4.69) is 30.9 Å². The van der Waals surface area contributed by atoms with Gasteiger partial charge in [0.1, 0.15) is 5.75 Å². The lowest BCUT2D eigenvalue weighted by Gasteiger charge is -2.23. The highest BCUT2D eigenvalue weighted by atomic mass is 16.5. The summed E-state index contributed by atoms with van der Waals surface area (Å²) in [6, 6.07) is 8.04. The van der Waals surface area contributed by atoms with Crippen LogP contribution in [0.25, 0.3) is 0 Å². The molecule has 1 rings (SSSR count). The molecule has 0 heterocycles. The van der Waals surface area contributed by atoms with Crippen molar-refractivity contribution >= 4 is 5.91 Å². The van der Waals surface area contributed by atoms with E-state index in [-0.39, 0.29) is 0 Å². The molecule has 1 aromatic rings. The number of ether oxygens (including phenoxy) is 1. The molecule has 0 atom stereocenters. The van der Waals surface area contributed by atoms with Crippen LogP contribution in [0.5, 0.6) is 5.75 Å². The summed E-state index contributed by atoms with van der Waals surface area (Å²) < 4.78 is 5.19. The van der Waals surface area contributed by atoms with Gasteiger partial charge >= 0.3 is 0 Å². The molecule has 0 radical (unpaired) electrons. The molecule has 0 unspecified atom stereocenters. The van der Waals surface area contributed by atoms with Crippen LogP contribution in [0.3, 0.4) is 0 Å². The Hall–Kier alpha value is -1.51. The minimum atomic E-state index is 0.309. The Labute approximate surface area is 154 Å². The second-order valence-electron chi connectivity index (χ2n) is 6.85. The third kappa shape index (κ3) is 9.52. The maximum absolute atomic E-state index is 12.7. The van der Waals surface area contributed by atoms with Gasteiger partial charge in [-0.05, 0) is 37.0 Å². The number of unbranched alkanes of at least 4 members (excludes halogenated alkanes) is 6. The molecule has 0 spiro atoms. The predicted molar refractivity (Wildman–Crippen MR) is 106 cm³/mol. The van der Waals surface area contributed by atoms with E-state index in [9.17, 15) is 4.79 Å². The summed E-state index contributed by atoms with van der Waals surface area (Å²) in [5, 5.41) is 0. The monoisotopic (exact) mass is 347 g/mol. The molecule has 1 aromatic carbocycles. The van der Waals surface area contributed by atoms with Gasteiger partial charge in [-0.1, -0.05) is 64.5 Å². The fourth-order valence-electron chi connectivity index (χ4n) is 3.02. The summed E-state index contributed by atoms with van der Waals surface area (Å²) in [5.74, 6) is 1.17. The van der Waals surface area contributed by atoms with Crippen LogP contribution >= 0.6 is 0 Å². The van der Waals surface area contributed by atoms with Gasteiger partial charge in [0.2, 0.25) is 5.91 Å². The number of hydrogen-bond acceptors (Lipinski definition) is 2. The molecule has 0 saturated heterocycles. The lowest BCUT2D eigenvalue weighted by atomic mass is 10.1. The van der Waals surface area contributed by atoms with Crippen LogP contribution in [0.4, 0.5) is 0 Å². The fraction of sp³-hybridized carbons (Fsp3) is 0.682. The standard InChI is InChI=1S/C22H37NO2/c1-4-6-8-10-18-23(19-11-9-7-5-2)22(24)17-14-20-12-15-21(25-3)16-13-20/h12-13,15-16H,4-11,14,17-19H2,1-3H3. The third-order valence-electron chi connectivity index (χ3n) is 4.70. The molecule has 3 nitrogen and oxygen atoms in total. The predicted octanol–water partition coefficient (Wildman–Crippen LogP) is 5.62. The molecule has 0 aromatic heterocycles. The first kappa shape index (κ1) is 21.5. The van der Waals surface area contributed by atoms with Gasteiger partial charge in [-0.15, -0.1) is 0 Å². The summed E-state index contributed by atoms with van der Waals surface area (Å²) in [4.78, 5) is 14.8. The average Bonchev–Trinajstić information content (AvgIpc) is 2.65. The summed E-state index contributed by atoms with van der Waals surface area (Å²) in [7, 11) is 1.67. The van der Waals surface area contributed by atoms with Crippen molar-refractivity contribution < 1.29 is 9.53 Å². The molecule has 142 valence electrons. The first-order valence-corrected chi connectivity index (χ1v) is 10.1. The first-order valence-electron chi connectivity index (χ1n) is 10.1. The normalized spacial score (nSPS) is 10.7. The first-order chi connectivity index (χ1) is 12.2. The molecule has 0 bridgehead atoms. The number of hydrogen-bond donors (Lipinski definition) is 0. The topological polar surface area (TPSA) is 29.5 Å². The lowest BCUT2D eigenvalue weighted by Crippen LogP contribution is -2.33. The van der Waals surface area contributed by atoms with Crippen molar-refractivity contribution in [3.63, 3.8) is 0 Å². The van der Waals surface area contributed by atoms with Crippen LogP contribution in [0.15, 0.2) is 24.3 Å². The molecular formula is C22H37NO2. The molecule has 1 amide bonds. The number of carbonyl (C=O) groups excluding carboxylic acids is 1. The van der Waals surface area contributed by atoms with Crippen molar-refractivity contribution in [2.75, 3.05) is 20.2 Å². The highest BCUT2D eigenvalue weighted by Crippen LogP contribution is 2.14. The molecule has 0 fully saturated rings. The Balaban J connectivity index is 2.44. The largest absolute Gasteiger partial charge is 0.497 e. The Bertz CT molecular complexity index is 444. The highest BCUT2D eigenvalue weighted by molar-refractivity contribution is 5.76. The zero-order chi connectivity index (χ0) is 18.3. The number of methoxy groups -OCH3 is 1. The van der Waals surface area contributed by atoms with Crippen LogP contribution in [-0.2, 0) is 11.2 Å². The summed E-state index contributed by atoms with van der Waals surface area (Å²) >= 11 is 0. The molecule has 0 aliphatic carbocycles. The Kier molecular flexibility index (Phi) is 11.8. The van der Waals surface area contributed by atoms with Crippen LogP contribution in [0.1, 0.15) is 77.2 Å². The van der Waals surface area contributed by atoms with E-state index in [0.29, 0.717) is 12.3 Å². The molecule has 0 aliphatic heterocycles. The zero-order valence-electron chi connectivity index (χ0n) is 16.6. The van der Waals surface area contributed by atoms with Gasteiger partial charge in [-0.2, -0.15) is 0 Å². The smallest absolute Gasteiger partial charge is 0.222 e. The summed E-state index contributed by atoms with van der Waals surface area (Å²) in [6.07, 6.45) is 11.2. The maximum Gasteiger partial charge on any atom is 0.222 e. The second-order valence-corrected chi connectivity index (χ2v) is 6.85. The van der Waals surface area contributed by atoms with E-state index in [4.69, 9.17) is 4.74 Å².